The molecular weight excluding hydrogens is 447 g/mol. The van der Waals surface area contributed by atoms with Gasteiger partial charge in [0.2, 0.25) is 11.9 Å². The Hall–Kier alpha value is -4.24. The van der Waals surface area contributed by atoms with Gasteiger partial charge >= 0.3 is 0 Å². The van der Waals surface area contributed by atoms with Crippen molar-refractivity contribution in [2.24, 2.45) is 0 Å². The molecule has 8 nitrogen and oxygen atoms in total. The molecule has 1 aliphatic rings. The summed E-state index contributed by atoms with van der Waals surface area (Å²) in [7, 11) is 0. The first kappa shape index (κ1) is 22.5. The summed E-state index contributed by atoms with van der Waals surface area (Å²) in [5.74, 6) is 0.444. The van der Waals surface area contributed by atoms with Crippen LogP contribution in [-0.4, -0.2) is 52.1 Å². The Morgan fingerprint density at radius 2 is 2.00 bits per heavy atom. The van der Waals surface area contributed by atoms with Crippen LogP contribution in [0.15, 0.2) is 60.8 Å². The summed E-state index contributed by atoms with van der Waals surface area (Å²) in [5, 5.41) is 6.72. The first-order chi connectivity index (χ1) is 17.0. The van der Waals surface area contributed by atoms with E-state index in [2.05, 4.69) is 25.6 Å². The minimum Gasteiger partial charge on any atom is -0.378 e. The predicted octanol–water partition coefficient (Wildman–Crippen LogP) is 4.76. The van der Waals surface area contributed by atoms with Crippen molar-refractivity contribution >= 4 is 46.0 Å². The van der Waals surface area contributed by atoms with E-state index in [4.69, 9.17) is 4.74 Å². The maximum Gasteiger partial charge on any atom is 0.246 e. The molecule has 1 amide bonds. The molecule has 0 radical (unpaired) electrons. The number of hydrogen-bond acceptors (Lipinski definition) is 6. The van der Waals surface area contributed by atoms with Gasteiger partial charge in [-0.1, -0.05) is 12.1 Å². The molecule has 3 heterocycles. The number of nitrogens with one attached hydrogen (secondary N) is 3. The third-order valence-corrected chi connectivity index (χ3v) is 5.67. The quantitative estimate of drug-likeness (QED) is 0.350. The zero-order valence-electron chi connectivity index (χ0n) is 19.2. The molecule has 2 aromatic carbocycles. The molecule has 9 heteroatoms. The molecule has 1 saturated heterocycles. The van der Waals surface area contributed by atoms with Crippen molar-refractivity contribution in [1.82, 2.24) is 19.9 Å². The number of halogens is 1. The smallest absolute Gasteiger partial charge is 0.246 e. The van der Waals surface area contributed by atoms with E-state index in [1.54, 1.807) is 41.4 Å². The van der Waals surface area contributed by atoms with Gasteiger partial charge in [0, 0.05) is 47.6 Å². The van der Waals surface area contributed by atoms with E-state index >= 15 is 0 Å². The molecule has 0 spiro atoms. The van der Waals surface area contributed by atoms with Crippen LogP contribution in [0, 0.1) is 12.7 Å². The van der Waals surface area contributed by atoms with Crippen LogP contribution in [0.25, 0.3) is 17.0 Å². The highest BCUT2D eigenvalue weighted by atomic mass is 19.1. The lowest BCUT2D eigenvalue weighted by molar-refractivity contribution is -0.129. The number of aromatic nitrogens is 3. The van der Waals surface area contributed by atoms with Crippen molar-refractivity contribution in [3.05, 3.63) is 77.9 Å². The van der Waals surface area contributed by atoms with Crippen molar-refractivity contribution in [3.63, 3.8) is 0 Å². The third kappa shape index (κ3) is 5.30. The number of aryl methyl sites for hydroxylation is 1. The molecule has 35 heavy (non-hydrogen) atoms. The van der Waals surface area contributed by atoms with Crippen molar-refractivity contribution in [2.75, 3.05) is 36.9 Å². The molecular formula is C26H25FN6O2. The minimum atomic E-state index is -0.342. The topological polar surface area (TPSA) is 95.2 Å². The molecule has 2 aromatic heterocycles. The summed E-state index contributed by atoms with van der Waals surface area (Å²) in [6.07, 6.45) is 4.95. The van der Waals surface area contributed by atoms with E-state index < -0.39 is 0 Å². The largest absolute Gasteiger partial charge is 0.378 e. The second-order valence-corrected chi connectivity index (χ2v) is 8.25. The summed E-state index contributed by atoms with van der Waals surface area (Å²) < 4.78 is 20.2. The molecule has 1 aliphatic heterocycles. The maximum absolute atomic E-state index is 14.9. The van der Waals surface area contributed by atoms with Crippen molar-refractivity contribution < 1.29 is 13.9 Å². The van der Waals surface area contributed by atoms with Gasteiger partial charge in [-0.3, -0.25) is 4.79 Å². The highest BCUT2D eigenvalue weighted by Crippen LogP contribution is 2.27. The van der Waals surface area contributed by atoms with Crippen LogP contribution in [-0.2, 0) is 9.53 Å². The normalized spacial score (nSPS) is 13.9. The molecule has 0 bridgehead atoms. The van der Waals surface area contributed by atoms with Crippen molar-refractivity contribution in [1.29, 1.82) is 0 Å². The zero-order chi connectivity index (χ0) is 24.2. The Bertz CT molecular complexity index is 1390. The van der Waals surface area contributed by atoms with Crippen molar-refractivity contribution in [2.45, 2.75) is 6.92 Å². The minimum absolute atomic E-state index is 0.0333. The fourth-order valence-corrected chi connectivity index (χ4v) is 3.94. The van der Waals surface area contributed by atoms with Gasteiger partial charge in [0.15, 0.2) is 5.82 Å². The number of ether oxygens (including phenoxy) is 1. The molecule has 5 rings (SSSR count). The Morgan fingerprint density at radius 3 is 2.86 bits per heavy atom. The molecule has 178 valence electrons. The number of amides is 1. The van der Waals surface area contributed by atoms with E-state index in [1.165, 1.54) is 0 Å². The van der Waals surface area contributed by atoms with Crippen LogP contribution in [0.3, 0.4) is 0 Å². The number of carbonyl (C=O) groups is 1. The van der Waals surface area contributed by atoms with Gasteiger partial charge in [-0.05, 0) is 55.0 Å². The van der Waals surface area contributed by atoms with Gasteiger partial charge in [0.25, 0.3) is 0 Å². The Morgan fingerprint density at radius 1 is 1.14 bits per heavy atom. The van der Waals surface area contributed by atoms with E-state index in [1.807, 2.05) is 37.3 Å². The number of hydrogen-bond donors (Lipinski definition) is 3. The number of nitrogens with zero attached hydrogens (tertiary/aromatic N) is 3. The summed E-state index contributed by atoms with van der Waals surface area (Å²) in [6.45, 7) is 4.24. The van der Waals surface area contributed by atoms with Gasteiger partial charge in [0.05, 0.1) is 18.9 Å². The van der Waals surface area contributed by atoms with Gasteiger partial charge < -0.3 is 25.3 Å². The second kappa shape index (κ2) is 9.94. The van der Waals surface area contributed by atoms with Crippen LogP contribution in [0.5, 0.6) is 0 Å². The molecule has 0 unspecified atom stereocenters. The fraction of sp³-hybridized carbons (Fsp3) is 0.192. The first-order valence-corrected chi connectivity index (χ1v) is 11.3. The predicted molar refractivity (Wildman–Crippen MR) is 134 cm³/mol. The zero-order valence-corrected chi connectivity index (χ0v) is 19.2. The second-order valence-electron chi connectivity index (χ2n) is 8.25. The van der Waals surface area contributed by atoms with E-state index in [9.17, 15) is 9.18 Å². The number of rotatable bonds is 6. The number of H-pyrrole nitrogens is 1. The third-order valence-electron chi connectivity index (χ3n) is 5.67. The summed E-state index contributed by atoms with van der Waals surface area (Å²) in [4.78, 5) is 26.0. The van der Waals surface area contributed by atoms with Crippen molar-refractivity contribution in [3.8, 4) is 0 Å². The lowest BCUT2D eigenvalue weighted by Crippen LogP contribution is -2.39. The van der Waals surface area contributed by atoms with Crippen LogP contribution in [0.2, 0.25) is 0 Å². The first-order valence-electron chi connectivity index (χ1n) is 11.3. The summed E-state index contributed by atoms with van der Waals surface area (Å²) in [6, 6.07) is 14.5. The molecule has 4 aromatic rings. The number of fused-ring (bicyclic) bond motifs is 1. The average Bonchev–Trinajstić information content (AvgIpc) is 3.26. The summed E-state index contributed by atoms with van der Waals surface area (Å²) >= 11 is 0. The van der Waals surface area contributed by atoms with E-state index in [0.29, 0.717) is 49.1 Å². The number of carbonyl (C=O) groups excluding carboxylic acids is 1. The highest BCUT2D eigenvalue weighted by molar-refractivity contribution is 5.92. The van der Waals surface area contributed by atoms with E-state index in [-0.39, 0.29) is 11.7 Å². The number of aromatic amines is 1. The fourth-order valence-electron chi connectivity index (χ4n) is 3.94. The number of morpholine rings is 1. The van der Waals surface area contributed by atoms with Gasteiger partial charge in [0.1, 0.15) is 5.82 Å². The number of benzene rings is 2. The molecule has 0 atom stereocenters. The Kier molecular flexibility index (Phi) is 6.40. The van der Waals surface area contributed by atoms with Gasteiger partial charge in [-0.15, -0.1) is 0 Å². The lowest BCUT2D eigenvalue weighted by Gasteiger charge is -2.25. The standard InChI is InChI=1S/C26H25FN6O2/c1-17-15-20-21(29-17)6-7-22(25(20)27)31-23-9-10-28-26(32-23)30-19-4-2-3-18(16-19)5-8-24(34)33-11-13-35-14-12-33/h2-10,15-16,29H,11-14H2,1H3,(H2,28,30,31,32)/b8-5+. The molecule has 1 fully saturated rings. The Balaban J connectivity index is 1.28. The monoisotopic (exact) mass is 472 g/mol. The molecule has 0 aliphatic carbocycles. The average molecular weight is 473 g/mol. The number of anilines is 4. The highest BCUT2D eigenvalue weighted by Gasteiger charge is 2.14. The van der Waals surface area contributed by atoms with Crippen LogP contribution < -0.4 is 10.6 Å². The molecule has 0 saturated carbocycles. The SMILES string of the molecule is Cc1cc2c(F)c(Nc3ccnc(Nc4cccc(/C=C/C(=O)N5CCOCC5)c4)n3)ccc2[nH]1. The van der Waals surface area contributed by atoms with E-state index in [0.717, 1.165) is 22.5 Å². The van der Waals surface area contributed by atoms with Gasteiger partial charge in [-0.25, -0.2) is 9.37 Å². The summed E-state index contributed by atoms with van der Waals surface area (Å²) in [5.41, 5.74) is 3.60. The lowest BCUT2D eigenvalue weighted by atomic mass is 10.2. The molecule has 3 N–H and O–H groups in total. The van der Waals surface area contributed by atoms with Crippen LogP contribution >= 0.6 is 0 Å². The van der Waals surface area contributed by atoms with Crippen LogP contribution in [0.1, 0.15) is 11.3 Å². The van der Waals surface area contributed by atoms with Gasteiger partial charge in [-0.2, -0.15) is 4.98 Å². The Labute approximate surface area is 201 Å². The van der Waals surface area contributed by atoms with Crippen LogP contribution in [0.4, 0.5) is 27.5 Å². The maximum atomic E-state index is 14.9.